The van der Waals surface area contributed by atoms with E-state index in [2.05, 4.69) is 15.1 Å². The summed E-state index contributed by atoms with van der Waals surface area (Å²) in [5.74, 6) is 1.23. The summed E-state index contributed by atoms with van der Waals surface area (Å²) in [6.45, 7) is 5.64. The molecule has 0 unspecified atom stereocenters. The topological polar surface area (TPSA) is 35.6 Å². The highest BCUT2D eigenvalue weighted by Crippen LogP contribution is 2.35. The second-order valence-electron chi connectivity index (χ2n) is 6.71. The van der Waals surface area contributed by atoms with Crippen molar-refractivity contribution in [3.8, 4) is 0 Å². The van der Waals surface area contributed by atoms with Gasteiger partial charge in [0.25, 0.3) is 0 Å². The highest BCUT2D eigenvalue weighted by Gasteiger charge is 2.34. The van der Waals surface area contributed by atoms with Gasteiger partial charge in [-0.3, -0.25) is 9.69 Å². The molecule has 0 aromatic carbocycles. The molecule has 2 heterocycles. The number of hydrogen-bond donors (Lipinski definition) is 1. The Kier molecular flexibility index (Phi) is 4.94. The summed E-state index contributed by atoms with van der Waals surface area (Å²) in [5, 5.41) is 3.37. The quantitative estimate of drug-likeness (QED) is 0.831. The highest BCUT2D eigenvalue weighted by atomic mass is 16.2. The molecule has 4 heteroatoms. The third kappa shape index (κ3) is 3.34. The summed E-state index contributed by atoms with van der Waals surface area (Å²) < 4.78 is 0. The molecule has 4 nitrogen and oxygen atoms in total. The van der Waals surface area contributed by atoms with Crippen LogP contribution in [0.3, 0.4) is 0 Å². The second-order valence-corrected chi connectivity index (χ2v) is 6.71. The Morgan fingerprint density at radius 1 is 0.950 bits per heavy atom. The molecule has 2 saturated heterocycles. The second kappa shape index (κ2) is 6.90. The molecule has 0 aromatic heterocycles. The van der Waals surface area contributed by atoms with Gasteiger partial charge in [-0.15, -0.1) is 0 Å². The summed E-state index contributed by atoms with van der Waals surface area (Å²) in [4.78, 5) is 17.1. The minimum atomic E-state index is 0.361. The Labute approximate surface area is 122 Å². The van der Waals surface area contributed by atoms with Crippen LogP contribution in [0.5, 0.6) is 0 Å². The van der Waals surface area contributed by atoms with E-state index in [1.54, 1.807) is 0 Å². The molecule has 3 aliphatic rings. The molecule has 1 aliphatic carbocycles. The van der Waals surface area contributed by atoms with Gasteiger partial charge >= 0.3 is 0 Å². The summed E-state index contributed by atoms with van der Waals surface area (Å²) in [6.07, 6.45) is 9.25. The van der Waals surface area contributed by atoms with E-state index in [4.69, 9.17) is 0 Å². The van der Waals surface area contributed by atoms with Crippen LogP contribution in [0.25, 0.3) is 0 Å². The van der Waals surface area contributed by atoms with E-state index in [1.807, 2.05) is 0 Å². The van der Waals surface area contributed by atoms with E-state index in [0.717, 1.165) is 45.1 Å². The molecule has 3 fully saturated rings. The Bertz CT molecular complexity index is 324. The van der Waals surface area contributed by atoms with E-state index < -0.39 is 0 Å². The third-order valence-electron chi connectivity index (χ3n) is 5.39. The third-order valence-corrected chi connectivity index (χ3v) is 5.39. The van der Waals surface area contributed by atoms with Gasteiger partial charge in [-0.2, -0.15) is 0 Å². The van der Waals surface area contributed by atoms with Crippen molar-refractivity contribution < 1.29 is 4.79 Å². The maximum Gasteiger partial charge on any atom is 0.236 e. The van der Waals surface area contributed by atoms with Crippen molar-refractivity contribution in [1.29, 1.82) is 0 Å². The predicted octanol–water partition coefficient (Wildman–Crippen LogP) is 1.46. The van der Waals surface area contributed by atoms with Gasteiger partial charge in [-0.25, -0.2) is 0 Å². The van der Waals surface area contributed by atoms with Crippen LogP contribution in [-0.4, -0.2) is 61.0 Å². The van der Waals surface area contributed by atoms with Gasteiger partial charge in [0.15, 0.2) is 0 Å². The van der Waals surface area contributed by atoms with Crippen molar-refractivity contribution in [2.24, 2.45) is 5.92 Å². The van der Waals surface area contributed by atoms with Crippen LogP contribution in [0.4, 0.5) is 0 Å². The van der Waals surface area contributed by atoms with Gasteiger partial charge in [-0.1, -0.05) is 12.8 Å². The number of nitrogens with zero attached hydrogens (tertiary/aromatic N) is 2. The molecule has 0 radical (unpaired) electrons. The van der Waals surface area contributed by atoms with Crippen molar-refractivity contribution in [1.82, 2.24) is 15.1 Å². The number of amides is 1. The van der Waals surface area contributed by atoms with E-state index in [0.29, 0.717) is 18.5 Å². The normalized spacial score (nSPS) is 32.5. The predicted molar refractivity (Wildman–Crippen MR) is 80.6 cm³/mol. The van der Waals surface area contributed by atoms with Crippen LogP contribution in [0.15, 0.2) is 0 Å². The zero-order valence-electron chi connectivity index (χ0n) is 12.6. The van der Waals surface area contributed by atoms with Crippen molar-refractivity contribution in [2.45, 2.75) is 51.0 Å². The number of hydrogen-bond acceptors (Lipinski definition) is 3. The van der Waals surface area contributed by atoms with Gasteiger partial charge in [0.2, 0.25) is 5.91 Å². The monoisotopic (exact) mass is 279 g/mol. The van der Waals surface area contributed by atoms with Crippen molar-refractivity contribution in [3.63, 3.8) is 0 Å². The van der Waals surface area contributed by atoms with E-state index in [1.165, 1.54) is 38.5 Å². The Morgan fingerprint density at radius 2 is 1.80 bits per heavy atom. The Morgan fingerprint density at radius 3 is 2.75 bits per heavy atom. The smallest absolute Gasteiger partial charge is 0.236 e. The lowest BCUT2D eigenvalue weighted by Crippen LogP contribution is -2.51. The molecule has 1 amide bonds. The summed E-state index contributed by atoms with van der Waals surface area (Å²) >= 11 is 0. The number of rotatable bonds is 2. The molecular formula is C16H29N3O. The van der Waals surface area contributed by atoms with E-state index in [-0.39, 0.29) is 0 Å². The maximum atomic E-state index is 12.6. The molecule has 2 atom stereocenters. The first kappa shape index (κ1) is 14.3. The van der Waals surface area contributed by atoms with Gasteiger partial charge in [0, 0.05) is 25.7 Å². The van der Waals surface area contributed by atoms with E-state index >= 15 is 0 Å². The molecule has 0 bridgehead atoms. The average molecular weight is 279 g/mol. The zero-order chi connectivity index (χ0) is 13.8. The molecule has 1 saturated carbocycles. The highest BCUT2D eigenvalue weighted by molar-refractivity contribution is 5.78. The first-order valence-electron chi connectivity index (χ1n) is 8.57. The van der Waals surface area contributed by atoms with Crippen LogP contribution < -0.4 is 5.32 Å². The zero-order valence-corrected chi connectivity index (χ0v) is 12.6. The van der Waals surface area contributed by atoms with Crippen LogP contribution >= 0.6 is 0 Å². The number of nitrogens with one attached hydrogen (secondary N) is 1. The SMILES string of the molecule is O=C(CN1CCC[C@H]2CCCC[C@H]21)N1CCCNCC1. The fourth-order valence-electron chi connectivity index (χ4n) is 4.29. The maximum absolute atomic E-state index is 12.6. The molecule has 0 aromatic rings. The molecule has 3 rings (SSSR count). The van der Waals surface area contributed by atoms with Crippen LogP contribution in [0.1, 0.15) is 44.9 Å². The number of likely N-dealkylation sites (tertiary alicyclic amines) is 1. The Hall–Kier alpha value is -0.610. The average Bonchev–Trinajstić information content (AvgIpc) is 2.77. The van der Waals surface area contributed by atoms with Gasteiger partial charge in [0.1, 0.15) is 0 Å². The van der Waals surface area contributed by atoms with Crippen LogP contribution in [0.2, 0.25) is 0 Å². The lowest BCUT2D eigenvalue weighted by atomic mass is 9.78. The fourth-order valence-corrected chi connectivity index (χ4v) is 4.29. The number of fused-ring (bicyclic) bond motifs is 1. The number of carbonyl (C=O) groups is 1. The van der Waals surface area contributed by atoms with Crippen molar-refractivity contribution >= 4 is 5.91 Å². The van der Waals surface area contributed by atoms with Crippen LogP contribution in [0, 0.1) is 5.92 Å². The van der Waals surface area contributed by atoms with Gasteiger partial charge in [0.05, 0.1) is 6.54 Å². The number of piperidine rings is 1. The minimum absolute atomic E-state index is 0.361. The molecular weight excluding hydrogens is 250 g/mol. The van der Waals surface area contributed by atoms with Crippen LogP contribution in [-0.2, 0) is 4.79 Å². The molecule has 114 valence electrons. The summed E-state index contributed by atoms with van der Waals surface area (Å²) in [5.41, 5.74) is 0. The minimum Gasteiger partial charge on any atom is -0.340 e. The van der Waals surface area contributed by atoms with Crippen molar-refractivity contribution in [2.75, 3.05) is 39.3 Å². The van der Waals surface area contributed by atoms with Crippen molar-refractivity contribution in [3.05, 3.63) is 0 Å². The Balaban J connectivity index is 1.56. The number of carbonyl (C=O) groups excluding carboxylic acids is 1. The van der Waals surface area contributed by atoms with Gasteiger partial charge in [-0.05, 0) is 51.1 Å². The molecule has 0 spiro atoms. The molecule has 20 heavy (non-hydrogen) atoms. The molecule has 2 aliphatic heterocycles. The fraction of sp³-hybridized carbons (Fsp3) is 0.938. The van der Waals surface area contributed by atoms with E-state index in [9.17, 15) is 4.79 Å². The lowest BCUT2D eigenvalue weighted by molar-refractivity contribution is -0.133. The largest absolute Gasteiger partial charge is 0.340 e. The first-order valence-corrected chi connectivity index (χ1v) is 8.57. The summed E-state index contributed by atoms with van der Waals surface area (Å²) in [6, 6.07) is 0.701. The lowest BCUT2D eigenvalue weighted by Gasteiger charge is -2.44. The first-order chi connectivity index (χ1) is 9.84. The summed E-state index contributed by atoms with van der Waals surface area (Å²) in [7, 11) is 0. The standard InChI is InChI=1S/C16H29N3O/c20-16(18-11-4-8-17-9-12-18)13-19-10-3-6-14-5-1-2-7-15(14)19/h14-15,17H,1-13H2/t14-,15-/m1/s1. The van der Waals surface area contributed by atoms with Gasteiger partial charge < -0.3 is 10.2 Å². The molecule has 1 N–H and O–H groups in total.